The van der Waals surface area contributed by atoms with Gasteiger partial charge < -0.3 is 14.2 Å². The third-order valence-corrected chi connectivity index (χ3v) is 6.81. The average molecular weight is 431 g/mol. The molecule has 0 bridgehead atoms. The molecular formula is C26H30N4O2. The molecule has 3 aromatic rings. The Hall–Kier alpha value is -3.12. The minimum Gasteiger partial charge on any atom is -0.493 e. The fourth-order valence-corrected chi connectivity index (χ4v) is 5.25. The summed E-state index contributed by atoms with van der Waals surface area (Å²) >= 11 is 0. The molecule has 2 aliphatic heterocycles. The maximum absolute atomic E-state index is 13.3. The standard InChI is InChI=1S/C26H30N4O2/c1-28-23-10-4-3-9-22(23)26(25(28)31)12-6-14-30(19-26)18-21-8-2-5-11-24(21)32-17-7-15-29-16-13-27-20-29/h2-5,8-11,13,16,20H,6-7,12,14-15,17-19H2,1H3. The van der Waals surface area contributed by atoms with E-state index in [2.05, 4.69) is 50.8 Å². The molecule has 1 saturated heterocycles. The van der Waals surface area contributed by atoms with Gasteiger partial charge in [-0.05, 0) is 43.5 Å². The van der Waals surface area contributed by atoms with E-state index in [4.69, 9.17) is 4.74 Å². The molecule has 1 fully saturated rings. The molecule has 6 nitrogen and oxygen atoms in total. The van der Waals surface area contributed by atoms with Gasteiger partial charge in [-0.1, -0.05) is 36.4 Å². The maximum Gasteiger partial charge on any atom is 0.238 e. The Morgan fingerprint density at radius 1 is 1.12 bits per heavy atom. The van der Waals surface area contributed by atoms with Crippen molar-refractivity contribution in [3.05, 3.63) is 78.4 Å². The zero-order chi connectivity index (χ0) is 22.0. The Morgan fingerprint density at radius 3 is 2.84 bits per heavy atom. The number of anilines is 1. The number of carbonyl (C=O) groups is 1. The summed E-state index contributed by atoms with van der Waals surface area (Å²) in [5.74, 6) is 1.17. The number of ether oxygens (including phenoxy) is 1. The van der Waals surface area contributed by atoms with Crippen molar-refractivity contribution in [1.29, 1.82) is 0 Å². The van der Waals surface area contributed by atoms with Gasteiger partial charge in [0, 0.05) is 50.3 Å². The van der Waals surface area contributed by atoms with Crippen molar-refractivity contribution in [2.45, 2.75) is 37.8 Å². The number of para-hydroxylation sites is 2. The lowest BCUT2D eigenvalue weighted by molar-refractivity contribution is -0.125. The highest BCUT2D eigenvalue weighted by atomic mass is 16.5. The summed E-state index contributed by atoms with van der Waals surface area (Å²) in [6.45, 7) is 4.10. The van der Waals surface area contributed by atoms with Crippen molar-refractivity contribution >= 4 is 11.6 Å². The summed E-state index contributed by atoms with van der Waals surface area (Å²) in [5.41, 5.74) is 2.99. The third-order valence-electron chi connectivity index (χ3n) is 6.81. The van der Waals surface area contributed by atoms with Crippen LogP contribution in [-0.2, 0) is 23.3 Å². The van der Waals surface area contributed by atoms with E-state index in [-0.39, 0.29) is 5.91 Å². The number of rotatable bonds is 7. The van der Waals surface area contributed by atoms with Crippen molar-refractivity contribution in [2.24, 2.45) is 0 Å². The smallest absolute Gasteiger partial charge is 0.238 e. The van der Waals surface area contributed by atoms with Crippen LogP contribution >= 0.6 is 0 Å². The fraction of sp³-hybridized carbons (Fsp3) is 0.385. The Bertz CT molecular complexity index is 1080. The molecule has 1 aromatic heterocycles. The van der Waals surface area contributed by atoms with E-state index < -0.39 is 5.41 Å². The van der Waals surface area contributed by atoms with Crippen molar-refractivity contribution in [3.8, 4) is 5.75 Å². The highest BCUT2D eigenvalue weighted by Gasteiger charge is 2.51. The van der Waals surface area contributed by atoms with E-state index in [1.165, 1.54) is 11.1 Å². The van der Waals surface area contributed by atoms with Crippen LogP contribution in [0.2, 0.25) is 0 Å². The Morgan fingerprint density at radius 2 is 1.97 bits per heavy atom. The summed E-state index contributed by atoms with van der Waals surface area (Å²) < 4.78 is 8.22. The molecule has 5 rings (SSSR count). The molecule has 3 heterocycles. The number of piperidine rings is 1. The topological polar surface area (TPSA) is 50.6 Å². The number of fused-ring (bicyclic) bond motifs is 2. The van der Waals surface area contributed by atoms with Gasteiger partial charge in [0.25, 0.3) is 0 Å². The summed E-state index contributed by atoms with van der Waals surface area (Å²) in [6.07, 6.45) is 8.46. The second kappa shape index (κ2) is 8.79. The highest BCUT2D eigenvalue weighted by Crippen LogP contribution is 2.46. The van der Waals surface area contributed by atoms with Crippen LogP contribution in [0.1, 0.15) is 30.4 Å². The third kappa shape index (κ3) is 3.79. The molecule has 166 valence electrons. The summed E-state index contributed by atoms with van der Waals surface area (Å²) in [5, 5.41) is 0. The molecule has 2 aliphatic rings. The largest absolute Gasteiger partial charge is 0.493 e. The number of nitrogens with zero attached hydrogens (tertiary/aromatic N) is 4. The molecule has 0 aliphatic carbocycles. The first-order valence-electron chi connectivity index (χ1n) is 11.4. The van der Waals surface area contributed by atoms with Gasteiger partial charge in [-0.25, -0.2) is 4.98 Å². The lowest BCUT2D eigenvalue weighted by atomic mass is 9.75. The SMILES string of the molecule is CN1C(=O)C2(CCCN(Cc3ccccc3OCCCn3ccnc3)C2)c2ccccc21. The monoisotopic (exact) mass is 430 g/mol. The molecular weight excluding hydrogens is 400 g/mol. The van der Waals surface area contributed by atoms with Crippen molar-refractivity contribution in [2.75, 3.05) is 31.6 Å². The van der Waals surface area contributed by atoms with E-state index in [0.29, 0.717) is 6.61 Å². The van der Waals surface area contributed by atoms with Crippen LogP contribution in [0, 0.1) is 0 Å². The molecule has 1 amide bonds. The van der Waals surface area contributed by atoms with E-state index >= 15 is 0 Å². The van der Waals surface area contributed by atoms with Crippen LogP contribution in [0.25, 0.3) is 0 Å². The normalized spacial score (nSPS) is 20.7. The van der Waals surface area contributed by atoms with Crippen LogP contribution in [-0.4, -0.2) is 47.1 Å². The average Bonchev–Trinajstić information content (AvgIpc) is 3.41. The minimum atomic E-state index is -0.426. The maximum atomic E-state index is 13.3. The Balaban J connectivity index is 1.27. The predicted octanol–water partition coefficient (Wildman–Crippen LogP) is 3.86. The van der Waals surface area contributed by atoms with Crippen molar-refractivity contribution in [3.63, 3.8) is 0 Å². The van der Waals surface area contributed by atoms with Crippen LogP contribution in [0.4, 0.5) is 5.69 Å². The number of imidazole rings is 1. The summed E-state index contributed by atoms with van der Waals surface area (Å²) in [6, 6.07) is 16.6. The van der Waals surface area contributed by atoms with Crippen LogP contribution in [0.3, 0.4) is 0 Å². The number of amides is 1. The summed E-state index contributed by atoms with van der Waals surface area (Å²) in [4.78, 5) is 21.7. The van der Waals surface area contributed by atoms with Gasteiger partial charge in [-0.2, -0.15) is 0 Å². The molecule has 2 aromatic carbocycles. The van der Waals surface area contributed by atoms with Crippen LogP contribution in [0.5, 0.6) is 5.75 Å². The first-order valence-corrected chi connectivity index (χ1v) is 11.4. The predicted molar refractivity (Wildman–Crippen MR) is 125 cm³/mol. The number of hydrogen-bond acceptors (Lipinski definition) is 4. The molecule has 0 radical (unpaired) electrons. The number of hydrogen-bond donors (Lipinski definition) is 0. The highest BCUT2D eigenvalue weighted by molar-refractivity contribution is 6.08. The molecule has 1 spiro atoms. The number of benzene rings is 2. The van der Waals surface area contributed by atoms with Crippen LogP contribution in [0.15, 0.2) is 67.3 Å². The van der Waals surface area contributed by atoms with E-state index in [1.54, 1.807) is 6.20 Å². The van der Waals surface area contributed by atoms with Crippen molar-refractivity contribution in [1.82, 2.24) is 14.5 Å². The van der Waals surface area contributed by atoms with Gasteiger partial charge in [0.2, 0.25) is 5.91 Å². The minimum absolute atomic E-state index is 0.229. The molecule has 1 unspecified atom stereocenters. The first-order chi connectivity index (χ1) is 15.7. The number of aryl methyl sites for hydroxylation is 1. The lowest BCUT2D eigenvalue weighted by Gasteiger charge is -2.39. The summed E-state index contributed by atoms with van der Waals surface area (Å²) in [7, 11) is 1.90. The van der Waals surface area contributed by atoms with Gasteiger partial charge in [-0.15, -0.1) is 0 Å². The van der Waals surface area contributed by atoms with E-state index in [0.717, 1.165) is 56.9 Å². The Kier molecular flexibility index (Phi) is 5.70. The van der Waals surface area contributed by atoms with E-state index in [1.807, 2.05) is 36.6 Å². The van der Waals surface area contributed by atoms with E-state index in [9.17, 15) is 4.79 Å². The number of likely N-dealkylation sites (N-methyl/N-ethyl adjacent to an activating group) is 1. The zero-order valence-electron chi connectivity index (χ0n) is 18.6. The molecule has 6 heteroatoms. The molecule has 0 saturated carbocycles. The van der Waals surface area contributed by atoms with Crippen LogP contribution < -0.4 is 9.64 Å². The van der Waals surface area contributed by atoms with Gasteiger partial charge in [0.15, 0.2) is 0 Å². The zero-order valence-corrected chi connectivity index (χ0v) is 18.6. The second-order valence-electron chi connectivity index (χ2n) is 8.89. The number of carbonyl (C=O) groups excluding carboxylic acids is 1. The molecule has 1 atom stereocenters. The van der Waals surface area contributed by atoms with Gasteiger partial charge in [-0.3, -0.25) is 9.69 Å². The fourth-order valence-electron chi connectivity index (χ4n) is 5.25. The van der Waals surface area contributed by atoms with Crippen molar-refractivity contribution < 1.29 is 9.53 Å². The lowest BCUT2D eigenvalue weighted by Crippen LogP contribution is -2.51. The van der Waals surface area contributed by atoms with Gasteiger partial charge >= 0.3 is 0 Å². The first kappa shape index (κ1) is 20.8. The van der Waals surface area contributed by atoms with Gasteiger partial charge in [0.1, 0.15) is 5.75 Å². The molecule has 32 heavy (non-hydrogen) atoms. The second-order valence-corrected chi connectivity index (χ2v) is 8.89. The van der Waals surface area contributed by atoms with Gasteiger partial charge in [0.05, 0.1) is 18.3 Å². The quantitative estimate of drug-likeness (QED) is 0.534. The number of aromatic nitrogens is 2. The number of likely N-dealkylation sites (tertiary alicyclic amines) is 1. The molecule has 0 N–H and O–H groups in total. The Labute approximate surface area is 189 Å².